The lowest BCUT2D eigenvalue weighted by atomic mass is 9.86. The van der Waals surface area contributed by atoms with E-state index in [2.05, 4.69) is 12.2 Å². The van der Waals surface area contributed by atoms with Gasteiger partial charge in [-0.05, 0) is 37.3 Å². The first-order valence-corrected chi connectivity index (χ1v) is 7.82. The molecule has 0 saturated carbocycles. The van der Waals surface area contributed by atoms with Gasteiger partial charge in [0.05, 0.1) is 0 Å². The summed E-state index contributed by atoms with van der Waals surface area (Å²) in [5, 5.41) is 13.0. The number of nitrogens with one attached hydrogen (secondary N) is 1. The highest BCUT2D eigenvalue weighted by atomic mass is 32.2. The Labute approximate surface area is 119 Å². The molecule has 0 amide bonds. The van der Waals surface area contributed by atoms with Crippen molar-refractivity contribution in [1.82, 2.24) is 5.32 Å². The van der Waals surface area contributed by atoms with Crippen molar-refractivity contribution in [3.63, 3.8) is 0 Å². The molecule has 0 radical (unpaired) electrons. The molecule has 0 aliphatic carbocycles. The summed E-state index contributed by atoms with van der Waals surface area (Å²) in [5.74, 6) is 1.04. The molecule has 0 aliphatic rings. The van der Waals surface area contributed by atoms with E-state index < -0.39 is 11.5 Å². The minimum absolute atomic E-state index is 0.114. The van der Waals surface area contributed by atoms with Crippen molar-refractivity contribution < 1.29 is 9.90 Å². The molecule has 0 fully saturated rings. The second-order valence-electron chi connectivity index (χ2n) is 4.82. The third-order valence-corrected chi connectivity index (χ3v) is 3.89. The van der Waals surface area contributed by atoms with E-state index in [9.17, 15) is 9.90 Å². The van der Waals surface area contributed by atoms with Crippen molar-refractivity contribution in [2.24, 2.45) is 0 Å². The van der Waals surface area contributed by atoms with Crippen LogP contribution in [0, 0.1) is 0 Å². The lowest BCUT2D eigenvalue weighted by molar-refractivity contribution is -0.146. The molecule has 0 heterocycles. The second kappa shape index (κ2) is 7.56. The molecular weight excluding hydrogens is 258 g/mol. The van der Waals surface area contributed by atoms with Crippen LogP contribution in [0.15, 0.2) is 30.3 Å². The van der Waals surface area contributed by atoms with Gasteiger partial charge < -0.3 is 5.11 Å². The van der Waals surface area contributed by atoms with E-state index in [-0.39, 0.29) is 6.04 Å². The topological polar surface area (TPSA) is 49.3 Å². The zero-order valence-electron chi connectivity index (χ0n) is 11.8. The summed E-state index contributed by atoms with van der Waals surface area (Å²) in [7, 11) is 0. The van der Waals surface area contributed by atoms with Crippen LogP contribution >= 0.6 is 11.8 Å². The Hall–Kier alpha value is -1.00. The molecule has 3 nitrogen and oxygen atoms in total. The van der Waals surface area contributed by atoms with E-state index in [0.717, 1.165) is 17.1 Å². The molecule has 1 unspecified atom stereocenters. The lowest BCUT2D eigenvalue weighted by Gasteiger charge is -2.33. The van der Waals surface area contributed by atoms with Crippen molar-refractivity contribution in [3.8, 4) is 0 Å². The first-order chi connectivity index (χ1) is 9.03. The van der Waals surface area contributed by atoms with Crippen LogP contribution in [0.5, 0.6) is 0 Å². The van der Waals surface area contributed by atoms with Crippen molar-refractivity contribution in [3.05, 3.63) is 35.9 Å². The fraction of sp³-hybridized carbons (Fsp3) is 0.533. The second-order valence-corrected chi connectivity index (χ2v) is 6.22. The molecule has 0 aromatic heterocycles. The molecule has 0 saturated heterocycles. The van der Waals surface area contributed by atoms with E-state index in [0.29, 0.717) is 6.42 Å². The van der Waals surface area contributed by atoms with E-state index >= 15 is 0 Å². The van der Waals surface area contributed by atoms with Crippen LogP contribution in [0.25, 0.3) is 0 Å². The minimum Gasteiger partial charge on any atom is -0.480 e. The third-order valence-electron chi connectivity index (χ3n) is 2.99. The van der Waals surface area contributed by atoms with E-state index in [1.807, 2.05) is 44.2 Å². The minimum atomic E-state index is -0.988. The smallest absolute Gasteiger partial charge is 0.328 e. The van der Waals surface area contributed by atoms with Gasteiger partial charge in [-0.3, -0.25) is 5.32 Å². The Morgan fingerprint density at radius 1 is 1.37 bits per heavy atom. The number of carbonyl (C=O) groups is 1. The summed E-state index contributed by atoms with van der Waals surface area (Å²) in [6, 6.07) is 9.58. The maximum atomic E-state index is 11.9. The first-order valence-electron chi connectivity index (χ1n) is 6.67. The number of hydrogen-bond donors (Lipinski definition) is 2. The summed E-state index contributed by atoms with van der Waals surface area (Å²) in [5.41, 5.74) is -0.162. The van der Waals surface area contributed by atoms with Gasteiger partial charge in [-0.25, -0.2) is 4.79 Å². The number of hydrogen-bond acceptors (Lipinski definition) is 3. The maximum Gasteiger partial charge on any atom is 0.328 e. The van der Waals surface area contributed by atoms with Crippen molar-refractivity contribution in [2.45, 2.75) is 38.8 Å². The van der Waals surface area contributed by atoms with Gasteiger partial charge in [0.25, 0.3) is 0 Å². The van der Waals surface area contributed by atoms with E-state index in [1.54, 1.807) is 11.8 Å². The molecule has 0 spiro atoms. The molecule has 1 rings (SSSR count). The predicted octanol–water partition coefficient (Wildman–Crippen LogP) is 3.11. The molecular formula is C15H23NO2S. The Bertz CT molecular complexity index is 394. The summed E-state index contributed by atoms with van der Waals surface area (Å²) in [6.45, 7) is 6.05. The van der Waals surface area contributed by atoms with Gasteiger partial charge in [0.2, 0.25) is 0 Å². The maximum absolute atomic E-state index is 11.9. The van der Waals surface area contributed by atoms with Gasteiger partial charge in [0, 0.05) is 6.04 Å². The molecule has 4 heteroatoms. The highest BCUT2D eigenvalue weighted by Crippen LogP contribution is 2.28. The molecule has 1 aromatic carbocycles. The Kier molecular flexibility index (Phi) is 6.38. The van der Waals surface area contributed by atoms with Crippen LogP contribution in [-0.4, -0.2) is 28.6 Å². The molecule has 106 valence electrons. The fourth-order valence-corrected chi connectivity index (χ4v) is 2.92. The number of carboxylic acids is 1. The first kappa shape index (κ1) is 16.1. The van der Waals surface area contributed by atoms with Crippen molar-refractivity contribution in [1.29, 1.82) is 0 Å². The molecule has 2 N–H and O–H groups in total. The Morgan fingerprint density at radius 3 is 2.47 bits per heavy atom. The summed E-state index contributed by atoms with van der Waals surface area (Å²) >= 11 is 1.77. The van der Waals surface area contributed by atoms with Crippen LogP contribution in [0.2, 0.25) is 0 Å². The average Bonchev–Trinajstić information content (AvgIpc) is 2.38. The van der Waals surface area contributed by atoms with Crippen molar-refractivity contribution >= 4 is 17.7 Å². The Balaban J connectivity index is 3.08. The zero-order valence-corrected chi connectivity index (χ0v) is 12.7. The summed E-state index contributed by atoms with van der Waals surface area (Å²) in [4.78, 5) is 11.9. The van der Waals surface area contributed by atoms with Gasteiger partial charge >= 0.3 is 5.97 Å². The number of rotatable bonds is 8. The lowest BCUT2D eigenvalue weighted by Crippen LogP contribution is -2.52. The average molecular weight is 281 g/mol. The molecule has 0 aliphatic heterocycles. The zero-order chi connectivity index (χ0) is 14.3. The van der Waals surface area contributed by atoms with Gasteiger partial charge in [-0.15, -0.1) is 0 Å². The third kappa shape index (κ3) is 4.25. The molecule has 19 heavy (non-hydrogen) atoms. The molecule has 1 atom stereocenters. The van der Waals surface area contributed by atoms with Crippen LogP contribution in [-0.2, 0) is 10.3 Å². The highest BCUT2D eigenvalue weighted by Gasteiger charge is 2.40. The fourth-order valence-electron chi connectivity index (χ4n) is 2.18. The van der Waals surface area contributed by atoms with Gasteiger partial charge in [-0.1, -0.05) is 37.3 Å². The highest BCUT2D eigenvalue weighted by molar-refractivity contribution is 7.99. The van der Waals surface area contributed by atoms with Gasteiger partial charge in [-0.2, -0.15) is 11.8 Å². The van der Waals surface area contributed by atoms with Gasteiger partial charge in [0.1, 0.15) is 5.54 Å². The number of benzene rings is 1. The number of carboxylic acid groups (broad SMARTS) is 1. The normalized spacial score (nSPS) is 14.3. The van der Waals surface area contributed by atoms with Gasteiger partial charge in [0.15, 0.2) is 0 Å². The van der Waals surface area contributed by atoms with Crippen molar-refractivity contribution in [2.75, 3.05) is 11.5 Å². The summed E-state index contributed by atoms with van der Waals surface area (Å²) < 4.78 is 0. The monoisotopic (exact) mass is 281 g/mol. The van der Waals surface area contributed by atoms with Crippen LogP contribution in [0.1, 0.15) is 32.8 Å². The predicted molar refractivity (Wildman–Crippen MR) is 81.6 cm³/mol. The standard InChI is InChI=1S/C15H23NO2S/c1-4-19-11-10-15(14(17)18,16-12(2)3)13-8-6-5-7-9-13/h5-9,12,16H,4,10-11H2,1-3H3,(H,17,18). The van der Waals surface area contributed by atoms with E-state index in [4.69, 9.17) is 0 Å². The molecule has 0 bridgehead atoms. The number of thioether (sulfide) groups is 1. The van der Waals surface area contributed by atoms with Crippen LogP contribution in [0.3, 0.4) is 0 Å². The van der Waals surface area contributed by atoms with Crippen LogP contribution < -0.4 is 5.32 Å². The van der Waals surface area contributed by atoms with Crippen LogP contribution in [0.4, 0.5) is 0 Å². The largest absolute Gasteiger partial charge is 0.480 e. The van der Waals surface area contributed by atoms with E-state index in [1.165, 1.54) is 0 Å². The quantitative estimate of drug-likeness (QED) is 0.719. The summed E-state index contributed by atoms with van der Waals surface area (Å²) in [6.07, 6.45) is 0.586. The number of aliphatic carboxylic acids is 1. The molecule has 1 aromatic rings. The SMILES string of the molecule is CCSCCC(NC(C)C)(C(=O)O)c1ccccc1. The Morgan fingerprint density at radius 2 is 2.00 bits per heavy atom.